The molecule has 2 aliphatic heterocycles. The molecule has 1 atom stereocenters. The second-order valence-corrected chi connectivity index (χ2v) is 9.85. The van der Waals surface area contributed by atoms with Gasteiger partial charge in [-0.25, -0.2) is 4.79 Å². The maximum atomic E-state index is 13.7. The Morgan fingerprint density at radius 1 is 1.00 bits per heavy atom. The van der Waals surface area contributed by atoms with E-state index in [9.17, 15) is 9.59 Å². The highest BCUT2D eigenvalue weighted by atomic mass is 16.6. The van der Waals surface area contributed by atoms with E-state index in [1.54, 1.807) is 52.2 Å². The van der Waals surface area contributed by atoms with Crippen LogP contribution in [0.4, 0.5) is 4.79 Å². The lowest BCUT2D eigenvalue weighted by Gasteiger charge is -2.44. The standard InChI is InChI=1S/C23H37N5O3/c1-22(2,3)31-21(30)25-23(4,18-6-10-24-11-7-18)20(29)28-16-14-27(15-17-28)19-8-12-26(5)13-9-19/h6-7,10-11,19H,8-9,12-17H2,1-5H3,(H,25,30)/t23-/m1/s1. The van der Waals surface area contributed by atoms with Gasteiger partial charge in [-0.2, -0.15) is 0 Å². The van der Waals surface area contributed by atoms with E-state index in [0.717, 1.165) is 26.2 Å². The normalized spacial score (nSPS) is 21.4. The highest BCUT2D eigenvalue weighted by molar-refractivity contribution is 5.91. The number of piperidine rings is 1. The van der Waals surface area contributed by atoms with E-state index >= 15 is 0 Å². The predicted molar refractivity (Wildman–Crippen MR) is 120 cm³/mol. The lowest BCUT2D eigenvalue weighted by Crippen LogP contribution is -2.61. The van der Waals surface area contributed by atoms with Gasteiger partial charge in [0.25, 0.3) is 5.91 Å². The number of hydrogen-bond acceptors (Lipinski definition) is 6. The first-order chi connectivity index (χ1) is 14.6. The molecule has 0 aromatic carbocycles. The first kappa shape index (κ1) is 23.5. The van der Waals surface area contributed by atoms with Crippen LogP contribution in [0.2, 0.25) is 0 Å². The molecule has 0 unspecified atom stereocenters. The summed E-state index contributed by atoms with van der Waals surface area (Å²) in [5.41, 5.74) is -1.18. The SMILES string of the molecule is CN1CCC(N2CCN(C(=O)[C@](C)(NC(=O)OC(C)(C)C)c3ccncc3)CC2)CC1. The molecule has 3 heterocycles. The van der Waals surface area contributed by atoms with Crippen LogP contribution in [0.25, 0.3) is 0 Å². The molecule has 1 N–H and O–H groups in total. The fraction of sp³-hybridized carbons (Fsp3) is 0.696. The van der Waals surface area contributed by atoms with Gasteiger partial charge in [-0.3, -0.25) is 14.7 Å². The molecule has 2 saturated heterocycles. The molecule has 3 rings (SSSR count). The van der Waals surface area contributed by atoms with Crippen molar-refractivity contribution in [3.8, 4) is 0 Å². The van der Waals surface area contributed by atoms with Gasteiger partial charge in [-0.1, -0.05) is 0 Å². The Kier molecular flexibility index (Phi) is 7.21. The first-order valence-electron chi connectivity index (χ1n) is 11.2. The smallest absolute Gasteiger partial charge is 0.408 e. The summed E-state index contributed by atoms with van der Waals surface area (Å²) < 4.78 is 5.45. The van der Waals surface area contributed by atoms with Crippen LogP contribution in [0.1, 0.15) is 46.1 Å². The highest BCUT2D eigenvalue weighted by Crippen LogP contribution is 2.26. The monoisotopic (exact) mass is 431 g/mol. The summed E-state index contributed by atoms with van der Waals surface area (Å²) in [4.78, 5) is 37.1. The molecule has 0 bridgehead atoms. The molecule has 0 radical (unpaired) electrons. The minimum absolute atomic E-state index is 0.118. The first-order valence-corrected chi connectivity index (χ1v) is 11.2. The van der Waals surface area contributed by atoms with E-state index in [4.69, 9.17) is 4.74 Å². The van der Waals surface area contributed by atoms with Gasteiger partial charge in [0.2, 0.25) is 0 Å². The van der Waals surface area contributed by atoms with Crippen LogP contribution < -0.4 is 5.32 Å². The average Bonchev–Trinajstić information content (AvgIpc) is 2.73. The summed E-state index contributed by atoms with van der Waals surface area (Å²) in [6.07, 6.45) is 5.02. The number of rotatable bonds is 4. The van der Waals surface area contributed by atoms with Crippen LogP contribution >= 0.6 is 0 Å². The molecule has 1 aromatic rings. The molecule has 0 aliphatic carbocycles. The lowest BCUT2D eigenvalue weighted by molar-refractivity contribution is -0.140. The van der Waals surface area contributed by atoms with Crippen molar-refractivity contribution in [3.63, 3.8) is 0 Å². The number of carbonyl (C=O) groups excluding carboxylic acids is 2. The van der Waals surface area contributed by atoms with Crippen LogP contribution in [0.15, 0.2) is 24.5 Å². The van der Waals surface area contributed by atoms with Gasteiger partial charge in [0.15, 0.2) is 0 Å². The number of aromatic nitrogens is 1. The summed E-state index contributed by atoms with van der Waals surface area (Å²) >= 11 is 0. The van der Waals surface area contributed by atoms with E-state index in [0.29, 0.717) is 24.7 Å². The average molecular weight is 432 g/mol. The van der Waals surface area contributed by atoms with E-state index < -0.39 is 17.2 Å². The summed E-state index contributed by atoms with van der Waals surface area (Å²) in [6, 6.07) is 4.13. The Morgan fingerprint density at radius 2 is 1.58 bits per heavy atom. The van der Waals surface area contributed by atoms with Crippen LogP contribution in [0.5, 0.6) is 0 Å². The third-order valence-corrected chi connectivity index (χ3v) is 6.24. The zero-order chi connectivity index (χ0) is 22.6. The molecule has 8 heteroatoms. The van der Waals surface area contributed by atoms with Gasteiger partial charge in [0.1, 0.15) is 11.1 Å². The molecule has 2 fully saturated rings. The summed E-state index contributed by atoms with van der Waals surface area (Å²) in [7, 11) is 2.17. The van der Waals surface area contributed by atoms with E-state index in [2.05, 4.69) is 27.1 Å². The minimum Gasteiger partial charge on any atom is -0.444 e. The molecule has 2 amide bonds. The summed E-state index contributed by atoms with van der Waals surface area (Å²) in [6.45, 7) is 12.5. The van der Waals surface area contributed by atoms with Gasteiger partial charge in [-0.05, 0) is 78.4 Å². The summed E-state index contributed by atoms with van der Waals surface area (Å²) in [5, 5.41) is 2.84. The fourth-order valence-corrected chi connectivity index (χ4v) is 4.41. The van der Waals surface area contributed by atoms with E-state index in [-0.39, 0.29) is 5.91 Å². The zero-order valence-electron chi connectivity index (χ0n) is 19.6. The maximum absolute atomic E-state index is 13.7. The molecular weight excluding hydrogens is 394 g/mol. The van der Waals surface area contributed by atoms with Crippen molar-refractivity contribution in [3.05, 3.63) is 30.1 Å². The number of likely N-dealkylation sites (tertiary alicyclic amines) is 1. The highest BCUT2D eigenvalue weighted by Gasteiger charge is 2.42. The van der Waals surface area contributed by atoms with Crippen LogP contribution in [0, 0.1) is 0 Å². The number of nitrogens with one attached hydrogen (secondary N) is 1. The van der Waals surface area contributed by atoms with Gasteiger partial charge in [0.05, 0.1) is 0 Å². The Balaban J connectivity index is 1.70. The van der Waals surface area contributed by atoms with Gasteiger partial charge in [0, 0.05) is 44.6 Å². The molecule has 2 aliphatic rings. The van der Waals surface area contributed by atoms with Gasteiger partial charge in [-0.15, -0.1) is 0 Å². The van der Waals surface area contributed by atoms with Crippen molar-refractivity contribution >= 4 is 12.0 Å². The molecule has 0 saturated carbocycles. The quantitative estimate of drug-likeness (QED) is 0.786. The Labute approximate surface area is 185 Å². The Bertz CT molecular complexity index is 750. The van der Waals surface area contributed by atoms with Crippen LogP contribution in [-0.2, 0) is 15.1 Å². The van der Waals surface area contributed by atoms with Gasteiger partial charge >= 0.3 is 6.09 Å². The second kappa shape index (κ2) is 9.53. The molecule has 1 aromatic heterocycles. The molecule has 0 spiro atoms. The molecule has 8 nitrogen and oxygen atoms in total. The van der Waals surface area contributed by atoms with Crippen molar-refractivity contribution in [1.29, 1.82) is 0 Å². The van der Waals surface area contributed by atoms with Crippen molar-refractivity contribution in [2.45, 2.75) is 57.7 Å². The third-order valence-electron chi connectivity index (χ3n) is 6.24. The number of amides is 2. The second-order valence-electron chi connectivity index (χ2n) is 9.85. The van der Waals surface area contributed by atoms with Crippen molar-refractivity contribution in [2.75, 3.05) is 46.3 Å². The number of carbonyl (C=O) groups is 2. The largest absolute Gasteiger partial charge is 0.444 e. The Hall–Kier alpha value is -2.19. The lowest BCUT2D eigenvalue weighted by atomic mass is 9.90. The van der Waals surface area contributed by atoms with Crippen molar-refractivity contribution in [1.82, 2.24) is 25.0 Å². The number of pyridine rings is 1. The fourth-order valence-electron chi connectivity index (χ4n) is 4.41. The van der Waals surface area contributed by atoms with Crippen molar-refractivity contribution < 1.29 is 14.3 Å². The Morgan fingerprint density at radius 3 is 2.13 bits per heavy atom. The zero-order valence-corrected chi connectivity index (χ0v) is 19.6. The number of piperazine rings is 1. The topological polar surface area (TPSA) is 78.0 Å². The minimum atomic E-state index is -1.22. The number of ether oxygens (including phenoxy) is 1. The molecular formula is C23H37N5O3. The molecule has 31 heavy (non-hydrogen) atoms. The van der Waals surface area contributed by atoms with Crippen LogP contribution in [-0.4, -0.2) is 89.6 Å². The number of hydrogen-bond donors (Lipinski definition) is 1. The summed E-state index contributed by atoms with van der Waals surface area (Å²) in [5.74, 6) is -0.118. The van der Waals surface area contributed by atoms with Crippen molar-refractivity contribution in [2.24, 2.45) is 0 Å². The maximum Gasteiger partial charge on any atom is 0.408 e. The van der Waals surface area contributed by atoms with E-state index in [1.807, 2.05) is 4.90 Å². The van der Waals surface area contributed by atoms with Crippen LogP contribution in [0.3, 0.4) is 0 Å². The number of alkyl carbamates (subject to hydrolysis) is 1. The van der Waals surface area contributed by atoms with Gasteiger partial charge < -0.3 is 19.9 Å². The predicted octanol–water partition coefficient (Wildman–Crippen LogP) is 2.06. The third kappa shape index (κ3) is 5.95. The van der Waals surface area contributed by atoms with E-state index in [1.165, 1.54) is 12.8 Å². The molecule has 172 valence electrons. The number of nitrogens with zero attached hydrogens (tertiary/aromatic N) is 4.